The Hall–Kier alpha value is -1.23. The number of ketones is 1. The molecule has 18 heavy (non-hydrogen) atoms. The molecular formula is C14H13NOS2. The van der Waals surface area contributed by atoms with E-state index in [4.69, 9.17) is 5.73 Å². The SMILES string of the molecule is NC1Sc2ccccc2C1=O.Sc1ccccc1. The highest BCUT2D eigenvalue weighted by atomic mass is 32.2. The van der Waals surface area contributed by atoms with Crippen LogP contribution in [-0.4, -0.2) is 11.2 Å². The van der Waals surface area contributed by atoms with Crippen molar-refractivity contribution in [2.45, 2.75) is 15.2 Å². The van der Waals surface area contributed by atoms with Crippen LogP contribution in [0.1, 0.15) is 10.4 Å². The monoisotopic (exact) mass is 275 g/mol. The summed E-state index contributed by atoms with van der Waals surface area (Å²) in [7, 11) is 0. The van der Waals surface area contributed by atoms with Crippen molar-refractivity contribution in [2.75, 3.05) is 0 Å². The van der Waals surface area contributed by atoms with Gasteiger partial charge in [0.1, 0.15) is 5.37 Å². The van der Waals surface area contributed by atoms with E-state index >= 15 is 0 Å². The average molecular weight is 275 g/mol. The predicted octanol–water partition coefficient (Wildman–Crippen LogP) is 3.24. The Morgan fingerprint density at radius 1 is 1.00 bits per heavy atom. The molecule has 2 nitrogen and oxygen atoms in total. The van der Waals surface area contributed by atoms with E-state index in [-0.39, 0.29) is 11.2 Å². The first-order valence-electron chi connectivity index (χ1n) is 5.48. The predicted molar refractivity (Wildman–Crippen MR) is 78.3 cm³/mol. The van der Waals surface area contributed by atoms with Gasteiger partial charge in [0.05, 0.1) is 0 Å². The third-order valence-corrected chi connectivity index (χ3v) is 3.80. The second kappa shape index (κ2) is 6.09. The number of hydrogen-bond acceptors (Lipinski definition) is 4. The molecule has 4 heteroatoms. The summed E-state index contributed by atoms with van der Waals surface area (Å²) in [4.78, 5) is 13.3. The number of carbonyl (C=O) groups is 1. The van der Waals surface area contributed by atoms with E-state index in [9.17, 15) is 4.79 Å². The maximum Gasteiger partial charge on any atom is 0.191 e. The molecule has 0 aliphatic carbocycles. The molecule has 0 bridgehead atoms. The second-order valence-electron chi connectivity index (χ2n) is 3.73. The van der Waals surface area contributed by atoms with Crippen LogP contribution in [0.5, 0.6) is 0 Å². The van der Waals surface area contributed by atoms with Gasteiger partial charge in [-0.1, -0.05) is 48.2 Å². The van der Waals surface area contributed by atoms with Crippen LogP contribution in [0.2, 0.25) is 0 Å². The van der Waals surface area contributed by atoms with Crippen LogP contribution in [0.4, 0.5) is 0 Å². The lowest BCUT2D eigenvalue weighted by atomic mass is 10.1. The number of carbonyl (C=O) groups excluding carboxylic acids is 1. The molecule has 0 fully saturated rings. The number of thioether (sulfide) groups is 1. The molecule has 1 aliphatic rings. The van der Waals surface area contributed by atoms with Crippen LogP contribution in [0, 0.1) is 0 Å². The van der Waals surface area contributed by atoms with Gasteiger partial charge in [-0.2, -0.15) is 0 Å². The van der Waals surface area contributed by atoms with E-state index in [1.165, 1.54) is 11.8 Å². The summed E-state index contributed by atoms with van der Waals surface area (Å²) in [6.45, 7) is 0. The minimum absolute atomic E-state index is 0.0469. The smallest absolute Gasteiger partial charge is 0.191 e. The maximum absolute atomic E-state index is 11.3. The minimum atomic E-state index is -0.382. The first-order valence-corrected chi connectivity index (χ1v) is 6.80. The Kier molecular flexibility index (Phi) is 4.47. The van der Waals surface area contributed by atoms with Crippen LogP contribution < -0.4 is 5.73 Å². The lowest BCUT2D eigenvalue weighted by Gasteiger charge is -1.93. The summed E-state index contributed by atoms with van der Waals surface area (Å²) in [5, 5.41) is -0.382. The zero-order valence-corrected chi connectivity index (χ0v) is 11.3. The summed E-state index contributed by atoms with van der Waals surface area (Å²) in [5.74, 6) is 0.0469. The third-order valence-electron chi connectivity index (χ3n) is 2.42. The zero-order valence-electron chi connectivity index (χ0n) is 9.61. The highest BCUT2D eigenvalue weighted by Gasteiger charge is 2.27. The molecule has 3 rings (SSSR count). The van der Waals surface area contributed by atoms with Crippen molar-refractivity contribution >= 4 is 30.2 Å². The van der Waals surface area contributed by atoms with Crippen LogP contribution >= 0.6 is 24.4 Å². The van der Waals surface area contributed by atoms with Crippen molar-refractivity contribution in [2.24, 2.45) is 5.73 Å². The van der Waals surface area contributed by atoms with Crippen LogP contribution in [0.15, 0.2) is 64.4 Å². The van der Waals surface area contributed by atoms with Crippen molar-refractivity contribution < 1.29 is 4.79 Å². The molecule has 1 atom stereocenters. The van der Waals surface area contributed by atoms with Gasteiger partial charge in [0.25, 0.3) is 0 Å². The Morgan fingerprint density at radius 3 is 2.17 bits per heavy atom. The minimum Gasteiger partial charge on any atom is -0.313 e. The number of fused-ring (bicyclic) bond motifs is 1. The Labute approximate surface area is 116 Å². The number of benzene rings is 2. The van der Waals surface area contributed by atoms with Gasteiger partial charge in [0.15, 0.2) is 5.78 Å². The van der Waals surface area contributed by atoms with Crippen molar-refractivity contribution in [3.63, 3.8) is 0 Å². The third kappa shape index (κ3) is 3.16. The molecular weight excluding hydrogens is 262 g/mol. The van der Waals surface area contributed by atoms with E-state index in [2.05, 4.69) is 12.6 Å². The van der Waals surface area contributed by atoms with E-state index < -0.39 is 0 Å². The van der Waals surface area contributed by atoms with Crippen LogP contribution in [0.25, 0.3) is 0 Å². The normalized spacial score (nSPS) is 16.8. The fourth-order valence-electron chi connectivity index (χ4n) is 1.54. The number of nitrogens with two attached hydrogens (primary N) is 1. The van der Waals surface area contributed by atoms with Crippen LogP contribution in [-0.2, 0) is 0 Å². The molecule has 92 valence electrons. The lowest BCUT2D eigenvalue weighted by Crippen LogP contribution is -2.21. The fraction of sp³-hybridized carbons (Fsp3) is 0.0714. The van der Waals surface area contributed by atoms with Gasteiger partial charge in [-0.15, -0.1) is 12.6 Å². The van der Waals surface area contributed by atoms with Gasteiger partial charge in [0.2, 0.25) is 0 Å². The van der Waals surface area contributed by atoms with E-state index in [1.807, 2.05) is 54.6 Å². The number of rotatable bonds is 0. The first-order chi connectivity index (χ1) is 8.68. The summed E-state index contributed by atoms with van der Waals surface area (Å²) in [6, 6.07) is 17.3. The van der Waals surface area contributed by atoms with Gasteiger partial charge in [0, 0.05) is 15.4 Å². The molecule has 2 N–H and O–H groups in total. The largest absolute Gasteiger partial charge is 0.313 e. The molecule has 1 unspecified atom stereocenters. The molecule has 0 amide bonds. The van der Waals surface area contributed by atoms with Gasteiger partial charge in [-0.3, -0.25) is 4.79 Å². The van der Waals surface area contributed by atoms with Gasteiger partial charge in [-0.25, -0.2) is 0 Å². The highest BCUT2D eigenvalue weighted by Crippen LogP contribution is 2.33. The van der Waals surface area contributed by atoms with Gasteiger partial charge < -0.3 is 5.73 Å². The molecule has 2 aromatic carbocycles. The molecule has 2 aromatic rings. The first kappa shape index (κ1) is 13.2. The number of thiol groups is 1. The summed E-state index contributed by atoms with van der Waals surface area (Å²) in [5.41, 5.74) is 6.31. The molecule has 0 saturated carbocycles. The zero-order chi connectivity index (χ0) is 13.0. The molecule has 1 aliphatic heterocycles. The molecule has 0 spiro atoms. The van der Waals surface area contributed by atoms with Crippen molar-refractivity contribution in [3.8, 4) is 0 Å². The van der Waals surface area contributed by atoms with E-state index in [1.54, 1.807) is 0 Å². The highest BCUT2D eigenvalue weighted by molar-refractivity contribution is 8.01. The van der Waals surface area contributed by atoms with Crippen LogP contribution in [0.3, 0.4) is 0 Å². The maximum atomic E-state index is 11.3. The molecule has 0 saturated heterocycles. The fourth-order valence-corrected chi connectivity index (χ4v) is 2.68. The number of Topliss-reactive ketones (excluding diaryl/α,β-unsaturated/α-hetero) is 1. The van der Waals surface area contributed by atoms with Gasteiger partial charge >= 0.3 is 0 Å². The van der Waals surface area contributed by atoms with Crippen molar-refractivity contribution in [3.05, 3.63) is 60.2 Å². The topological polar surface area (TPSA) is 43.1 Å². The van der Waals surface area contributed by atoms with E-state index in [0.29, 0.717) is 0 Å². The van der Waals surface area contributed by atoms with Gasteiger partial charge in [-0.05, 0) is 18.2 Å². The Morgan fingerprint density at radius 2 is 1.61 bits per heavy atom. The molecule has 0 aromatic heterocycles. The van der Waals surface area contributed by atoms with E-state index in [0.717, 1.165) is 15.4 Å². The quantitative estimate of drug-likeness (QED) is 0.725. The summed E-state index contributed by atoms with van der Waals surface area (Å²) in [6.07, 6.45) is 0. The second-order valence-corrected chi connectivity index (χ2v) is 5.43. The molecule has 0 radical (unpaired) electrons. The molecule has 1 heterocycles. The Bertz CT molecular complexity index is 543. The Balaban J connectivity index is 0.000000149. The van der Waals surface area contributed by atoms with Crippen molar-refractivity contribution in [1.29, 1.82) is 0 Å². The standard InChI is InChI=1S/C8H7NOS.C6H6S/c9-8-7(10)5-3-1-2-4-6(5)11-8;7-6-4-2-1-3-5-6/h1-4,8H,9H2;1-5,7H. The summed E-state index contributed by atoms with van der Waals surface area (Å²) < 4.78 is 0. The average Bonchev–Trinajstić information content (AvgIpc) is 2.68. The van der Waals surface area contributed by atoms with Crippen molar-refractivity contribution in [1.82, 2.24) is 0 Å². The summed E-state index contributed by atoms with van der Waals surface area (Å²) >= 11 is 5.51. The lowest BCUT2D eigenvalue weighted by molar-refractivity contribution is 0.0993. The number of hydrogen-bond donors (Lipinski definition) is 2.